The van der Waals surface area contributed by atoms with Gasteiger partial charge in [0.1, 0.15) is 10.9 Å². The monoisotopic (exact) mass is 281 g/mol. The van der Waals surface area contributed by atoms with Crippen LogP contribution in [0.25, 0.3) is 11.0 Å². The topological polar surface area (TPSA) is 85.2 Å². The highest BCUT2D eigenvalue weighted by atomic mass is 35.5. The maximum Gasteiger partial charge on any atom is 0.225 e. The maximum absolute atomic E-state index is 5.87. The average Bonchev–Trinajstić information content (AvgIpc) is 2.90. The van der Waals surface area contributed by atoms with Gasteiger partial charge in [-0.15, -0.1) is 10.2 Å². The van der Waals surface area contributed by atoms with Crippen molar-refractivity contribution in [2.45, 2.75) is 17.1 Å². The van der Waals surface area contributed by atoms with Crippen LogP contribution in [0.5, 0.6) is 0 Å². The summed E-state index contributed by atoms with van der Waals surface area (Å²) < 4.78 is 1.88. The van der Waals surface area contributed by atoms with Crippen LogP contribution in [0.15, 0.2) is 16.4 Å². The number of nitrogens with one attached hydrogen (secondary N) is 1. The Kier molecular flexibility index (Phi) is 2.67. The minimum Gasteiger partial charge on any atom is -0.309 e. The fourth-order valence-electron chi connectivity index (χ4n) is 1.42. The average molecular weight is 282 g/mol. The van der Waals surface area contributed by atoms with Gasteiger partial charge in [-0.1, -0.05) is 0 Å². The summed E-state index contributed by atoms with van der Waals surface area (Å²) in [6.45, 7) is 1.89. The van der Waals surface area contributed by atoms with Gasteiger partial charge in [0.2, 0.25) is 5.28 Å². The molecule has 0 aliphatic carbocycles. The van der Waals surface area contributed by atoms with E-state index < -0.39 is 0 Å². The zero-order valence-corrected chi connectivity index (χ0v) is 11.1. The van der Waals surface area contributed by atoms with Crippen LogP contribution >= 0.6 is 23.4 Å². The highest BCUT2D eigenvalue weighted by Crippen LogP contribution is 2.30. The van der Waals surface area contributed by atoms with E-state index in [1.54, 1.807) is 6.20 Å². The first-order chi connectivity index (χ1) is 8.65. The first-order valence-corrected chi connectivity index (χ1v) is 6.25. The molecule has 92 valence electrons. The lowest BCUT2D eigenvalue weighted by Crippen LogP contribution is -1.94. The summed E-state index contributed by atoms with van der Waals surface area (Å²) in [5.41, 5.74) is 0.608. The Hall–Kier alpha value is -1.67. The zero-order valence-electron chi connectivity index (χ0n) is 9.55. The zero-order chi connectivity index (χ0) is 12.7. The van der Waals surface area contributed by atoms with Gasteiger partial charge in [-0.05, 0) is 30.3 Å². The molecule has 1 N–H and O–H groups in total. The van der Waals surface area contributed by atoms with Crippen molar-refractivity contribution < 1.29 is 0 Å². The van der Waals surface area contributed by atoms with Crippen molar-refractivity contribution in [3.63, 3.8) is 0 Å². The number of fused-ring (bicyclic) bond motifs is 1. The fraction of sp³-hybridized carbons (Fsp3) is 0.222. The second-order valence-electron chi connectivity index (χ2n) is 3.62. The maximum atomic E-state index is 5.87. The van der Waals surface area contributed by atoms with Crippen molar-refractivity contribution in [1.29, 1.82) is 0 Å². The van der Waals surface area contributed by atoms with Crippen LogP contribution in [0.2, 0.25) is 5.28 Å². The minimum absolute atomic E-state index is 0.174. The molecule has 3 aromatic rings. The molecule has 0 aliphatic heterocycles. The number of aryl methyl sites for hydroxylation is 1. The van der Waals surface area contributed by atoms with E-state index in [1.165, 1.54) is 11.8 Å². The molecule has 18 heavy (non-hydrogen) atoms. The molecule has 3 rings (SSSR count). The van der Waals surface area contributed by atoms with E-state index >= 15 is 0 Å². The Bertz CT molecular complexity index is 719. The Morgan fingerprint density at radius 3 is 2.89 bits per heavy atom. The van der Waals surface area contributed by atoms with Gasteiger partial charge in [-0.25, -0.2) is 4.98 Å². The van der Waals surface area contributed by atoms with Gasteiger partial charge in [-0.2, -0.15) is 10.1 Å². The standard InChI is InChI=1S/C9H8ClN7S/c1-4-14-16-9(17(4)2)18-7-5-3-11-15-6(5)12-8(10)13-7/h3H,1-2H3,(H,11,12,13,15). The summed E-state index contributed by atoms with van der Waals surface area (Å²) in [4.78, 5) is 8.24. The van der Waals surface area contributed by atoms with Gasteiger partial charge in [0, 0.05) is 7.05 Å². The molecule has 0 atom stereocenters. The van der Waals surface area contributed by atoms with E-state index in [9.17, 15) is 0 Å². The third-order valence-electron chi connectivity index (χ3n) is 2.49. The van der Waals surface area contributed by atoms with Gasteiger partial charge in [-0.3, -0.25) is 5.10 Å². The molecule has 0 aliphatic rings. The second-order valence-corrected chi connectivity index (χ2v) is 4.91. The number of aromatic amines is 1. The van der Waals surface area contributed by atoms with Gasteiger partial charge < -0.3 is 4.57 Å². The number of aromatic nitrogens is 7. The van der Waals surface area contributed by atoms with Crippen LogP contribution in [0, 0.1) is 6.92 Å². The minimum atomic E-state index is 0.174. The van der Waals surface area contributed by atoms with Crippen LogP contribution in [-0.4, -0.2) is 34.9 Å². The Labute approximate surface area is 111 Å². The molecule has 0 bridgehead atoms. The van der Waals surface area contributed by atoms with E-state index in [2.05, 4.69) is 30.4 Å². The van der Waals surface area contributed by atoms with Crippen molar-refractivity contribution >= 4 is 34.4 Å². The Morgan fingerprint density at radius 1 is 1.33 bits per heavy atom. The smallest absolute Gasteiger partial charge is 0.225 e. The van der Waals surface area contributed by atoms with Gasteiger partial charge in [0.25, 0.3) is 0 Å². The third-order valence-corrected chi connectivity index (χ3v) is 3.70. The van der Waals surface area contributed by atoms with Crippen molar-refractivity contribution in [1.82, 2.24) is 34.9 Å². The molecule has 0 unspecified atom stereocenters. The summed E-state index contributed by atoms with van der Waals surface area (Å²) in [5.74, 6) is 0.834. The lowest BCUT2D eigenvalue weighted by Gasteiger charge is -2.02. The molecule has 0 spiro atoms. The number of rotatable bonds is 2. The highest BCUT2D eigenvalue weighted by Gasteiger charge is 2.13. The first kappa shape index (κ1) is 11.4. The summed E-state index contributed by atoms with van der Waals surface area (Å²) in [7, 11) is 1.90. The molecule has 3 heterocycles. The first-order valence-electron chi connectivity index (χ1n) is 5.05. The van der Waals surface area contributed by atoms with E-state index in [0.29, 0.717) is 10.7 Å². The van der Waals surface area contributed by atoms with E-state index in [1.807, 2.05) is 18.5 Å². The Morgan fingerprint density at radius 2 is 2.17 bits per heavy atom. The highest BCUT2D eigenvalue weighted by molar-refractivity contribution is 7.99. The molecular weight excluding hydrogens is 274 g/mol. The van der Waals surface area contributed by atoms with Crippen LogP contribution in [0.3, 0.4) is 0 Å². The largest absolute Gasteiger partial charge is 0.309 e. The van der Waals surface area contributed by atoms with Crippen molar-refractivity contribution in [3.8, 4) is 0 Å². The number of halogens is 1. The molecule has 9 heteroatoms. The van der Waals surface area contributed by atoms with Crippen LogP contribution in [0.1, 0.15) is 5.82 Å². The quantitative estimate of drug-likeness (QED) is 0.567. The van der Waals surface area contributed by atoms with E-state index in [4.69, 9.17) is 11.6 Å². The Balaban J connectivity index is 2.09. The SMILES string of the molecule is Cc1nnc(Sc2nc(Cl)nc3[nH]ncc23)n1C. The number of H-pyrrole nitrogens is 1. The molecular formula is C9H8ClN7S. The second kappa shape index (κ2) is 4.21. The molecule has 0 fully saturated rings. The van der Waals surface area contributed by atoms with Crippen LogP contribution < -0.4 is 0 Å². The summed E-state index contributed by atoms with van der Waals surface area (Å²) in [5, 5.41) is 17.2. The van der Waals surface area contributed by atoms with Crippen LogP contribution in [-0.2, 0) is 7.05 Å². The molecule has 0 radical (unpaired) electrons. The van der Waals surface area contributed by atoms with Gasteiger partial charge >= 0.3 is 0 Å². The van der Waals surface area contributed by atoms with Gasteiger partial charge in [0.15, 0.2) is 10.8 Å². The van der Waals surface area contributed by atoms with Crippen molar-refractivity contribution in [2.24, 2.45) is 7.05 Å². The molecule has 7 nitrogen and oxygen atoms in total. The number of nitrogens with zero attached hydrogens (tertiary/aromatic N) is 6. The predicted molar refractivity (Wildman–Crippen MR) is 66.6 cm³/mol. The molecule has 0 aromatic carbocycles. The lowest BCUT2D eigenvalue weighted by molar-refractivity contribution is 0.765. The predicted octanol–water partition coefficient (Wildman–Crippen LogP) is 1.59. The molecule has 3 aromatic heterocycles. The normalized spacial score (nSPS) is 11.3. The summed E-state index contributed by atoms with van der Waals surface area (Å²) in [6, 6.07) is 0. The number of hydrogen-bond donors (Lipinski definition) is 1. The van der Waals surface area contributed by atoms with Crippen LogP contribution in [0.4, 0.5) is 0 Å². The van der Waals surface area contributed by atoms with E-state index in [0.717, 1.165) is 16.4 Å². The van der Waals surface area contributed by atoms with Gasteiger partial charge in [0.05, 0.1) is 11.6 Å². The summed E-state index contributed by atoms with van der Waals surface area (Å²) in [6.07, 6.45) is 1.66. The molecule has 0 amide bonds. The number of hydrogen-bond acceptors (Lipinski definition) is 6. The lowest BCUT2D eigenvalue weighted by atomic mass is 10.4. The van der Waals surface area contributed by atoms with Crippen molar-refractivity contribution in [3.05, 3.63) is 17.3 Å². The third kappa shape index (κ3) is 1.83. The fourth-order valence-corrected chi connectivity index (χ4v) is 2.56. The van der Waals surface area contributed by atoms with E-state index in [-0.39, 0.29) is 5.28 Å². The molecule has 0 saturated carbocycles. The molecule has 0 saturated heterocycles. The summed E-state index contributed by atoms with van der Waals surface area (Å²) >= 11 is 7.24. The van der Waals surface area contributed by atoms with Crippen molar-refractivity contribution in [2.75, 3.05) is 0 Å².